The van der Waals surface area contributed by atoms with Crippen molar-refractivity contribution in [3.05, 3.63) is 23.3 Å². The molecular weight excluding hydrogens is 222 g/mol. The van der Waals surface area contributed by atoms with Crippen LogP contribution in [-0.4, -0.2) is 22.3 Å². The van der Waals surface area contributed by atoms with Crippen LogP contribution in [0.1, 0.15) is 18.4 Å². The summed E-state index contributed by atoms with van der Waals surface area (Å²) in [7, 11) is 1.60. The molecule has 0 saturated carbocycles. The number of hydrogen-bond donors (Lipinski definition) is 0. The van der Waals surface area contributed by atoms with Gasteiger partial charge in [0.25, 0.3) is 0 Å². The van der Waals surface area contributed by atoms with Crippen LogP contribution in [0.3, 0.4) is 0 Å². The summed E-state index contributed by atoms with van der Waals surface area (Å²) in [6.45, 7) is 2.13. The van der Waals surface area contributed by atoms with Gasteiger partial charge in [0.05, 0.1) is 7.11 Å². The van der Waals surface area contributed by atoms with Gasteiger partial charge in [-0.05, 0) is 12.5 Å². The first-order valence-corrected chi connectivity index (χ1v) is 5.98. The Bertz CT molecular complexity index is 453. The summed E-state index contributed by atoms with van der Waals surface area (Å²) in [6, 6.07) is 3.78. The fourth-order valence-electron chi connectivity index (χ4n) is 1.31. The van der Waals surface area contributed by atoms with Crippen molar-refractivity contribution >= 4 is 11.3 Å². The number of aryl methyl sites for hydroxylation is 1. The van der Waals surface area contributed by atoms with Gasteiger partial charge in [-0.1, -0.05) is 18.3 Å². The number of methoxy groups -OCH3 is 1. The number of hydrogen-bond acceptors (Lipinski definition) is 5. The quantitative estimate of drug-likeness (QED) is 0.817. The molecule has 0 saturated heterocycles. The minimum atomic E-state index is 0.613. The van der Waals surface area contributed by atoms with Crippen LogP contribution in [0.4, 0.5) is 0 Å². The lowest BCUT2D eigenvalue weighted by atomic mass is 10.3. The Morgan fingerprint density at radius 3 is 2.81 bits per heavy atom. The minimum Gasteiger partial charge on any atom is -0.481 e. The molecule has 0 aliphatic carbocycles. The maximum Gasteiger partial charge on any atom is 0.212 e. The first kappa shape index (κ1) is 11.0. The molecule has 16 heavy (non-hydrogen) atoms. The zero-order valence-corrected chi connectivity index (χ0v) is 10.1. The van der Waals surface area contributed by atoms with Crippen LogP contribution in [0.15, 0.2) is 18.3 Å². The van der Waals surface area contributed by atoms with Gasteiger partial charge >= 0.3 is 0 Å². The van der Waals surface area contributed by atoms with Gasteiger partial charge < -0.3 is 4.74 Å². The zero-order chi connectivity index (χ0) is 11.4. The molecule has 5 heteroatoms. The Labute approximate surface area is 98.3 Å². The maximum atomic E-state index is 5.01. The van der Waals surface area contributed by atoms with Gasteiger partial charge in [-0.25, -0.2) is 4.98 Å². The van der Waals surface area contributed by atoms with Gasteiger partial charge in [-0.3, -0.25) is 0 Å². The van der Waals surface area contributed by atoms with E-state index >= 15 is 0 Å². The van der Waals surface area contributed by atoms with E-state index in [-0.39, 0.29) is 0 Å². The lowest BCUT2D eigenvalue weighted by molar-refractivity contribution is 0.398. The van der Waals surface area contributed by atoms with Gasteiger partial charge in [0.2, 0.25) is 5.88 Å². The van der Waals surface area contributed by atoms with Gasteiger partial charge in [0, 0.05) is 24.2 Å². The summed E-state index contributed by atoms with van der Waals surface area (Å²) in [5.74, 6) is 0.613. The van der Waals surface area contributed by atoms with Crippen molar-refractivity contribution < 1.29 is 4.74 Å². The first-order chi connectivity index (χ1) is 7.83. The van der Waals surface area contributed by atoms with Gasteiger partial charge in [0.15, 0.2) is 0 Å². The van der Waals surface area contributed by atoms with E-state index in [0.29, 0.717) is 5.88 Å². The maximum absolute atomic E-state index is 5.01. The van der Waals surface area contributed by atoms with Crippen molar-refractivity contribution in [1.82, 2.24) is 15.2 Å². The van der Waals surface area contributed by atoms with Crippen molar-refractivity contribution in [2.24, 2.45) is 0 Å². The van der Waals surface area contributed by atoms with Gasteiger partial charge in [-0.2, -0.15) is 0 Å². The van der Waals surface area contributed by atoms with Crippen LogP contribution in [0, 0.1) is 0 Å². The lowest BCUT2D eigenvalue weighted by Crippen LogP contribution is -1.86. The van der Waals surface area contributed by atoms with Crippen LogP contribution in [-0.2, 0) is 6.42 Å². The normalized spacial score (nSPS) is 10.4. The van der Waals surface area contributed by atoms with E-state index in [2.05, 4.69) is 22.1 Å². The van der Waals surface area contributed by atoms with Crippen LogP contribution in [0.25, 0.3) is 10.6 Å². The van der Waals surface area contributed by atoms with E-state index in [1.165, 1.54) is 0 Å². The largest absolute Gasteiger partial charge is 0.481 e. The standard InChI is InChI=1S/C11H13N3OS/c1-3-4-10-13-14-11(16-10)8-5-6-9(15-2)12-7-8/h5-7H,3-4H2,1-2H3. The topological polar surface area (TPSA) is 47.9 Å². The van der Waals surface area contributed by atoms with Crippen molar-refractivity contribution in [3.63, 3.8) is 0 Å². The van der Waals surface area contributed by atoms with Crippen LogP contribution >= 0.6 is 11.3 Å². The number of rotatable bonds is 4. The van der Waals surface area contributed by atoms with E-state index in [1.807, 2.05) is 12.1 Å². The molecule has 0 fully saturated rings. The molecule has 0 spiro atoms. The van der Waals surface area contributed by atoms with E-state index < -0.39 is 0 Å². The van der Waals surface area contributed by atoms with Crippen molar-refractivity contribution in [2.45, 2.75) is 19.8 Å². The number of ether oxygens (including phenoxy) is 1. The van der Waals surface area contributed by atoms with Crippen molar-refractivity contribution in [3.8, 4) is 16.5 Å². The molecule has 0 unspecified atom stereocenters. The molecule has 84 valence electrons. The molecular formula is C11H13N3OS. The number of pyridine rings is 1. The molecule has 0 amide bonds. The molecule has 0 radical (unpaired) electrons. The highest BCUT2D eigenvalue weighted by molar-refractivity contribution is 7.14. The van der Waals surface area contributed by atoms with Crippen molar-refractivity contribution in [2.75, 3.05) is 7.11 Å². The van der Waals surface area contributed by atoms with E-state index in [1.54, 1.807) is 24.6 Å². The van der Waals surface area contributed by atoms with Crippen molar-refractivity contribution in [1.29, 1.82) is 0 Å². The molecule has 2 heterocycles. The summed E-state index contributed by atoms with van der Waals surface area (Å²) >= 11 is 1.62. The lowest BCUT2D eigenvalue weighted by Gasteiger charge is -1.98. The monoisotopic (exact) mass is 235 g/mol. The summed E-state index contributed by atoms with van der Waals surface area (Å²) < 4.78 is 5.01. The zero-order valence-electron chi connectivity index (χ0n) is 9.30. The summed E-state index contributed by atoms with van der Waals surface area (Å²) in [5, 5.41) is 10.3. The highest BCUT2D eigenvalue weighted by Crippen LogP contribution is 2.24. The Morgan fingerprint density at radius 2 is 2.19 bits per heavy atom. The average Bonchev–Trinajstić information content (AvgIpc) is 2.78. The summed E-state index contributed by atoms with van der Waals surface area (Å²) in [5.41, 5.74) is 0.987. The van der Waals surface area contributed by atoms with Gasteiger partial charge in [0.1, 0.15) is 10.0 Å². The second kappa shape index (κ2) is 5.03. The molecule has 2 rings (SSSR count). The molecule has 0 atom stereocenters. The molecule has 0 bridgehead atoms. The van der Waals surface area contributed by atoms with Crippen LogP contribution in [0.5, 0.6) is 5.88 Å². The van der Waals surface area contributed by atoms with E-state index in [4.69, 9.17) is 4.74 Å². The van der Waals surface area contributed by atoms with Crippen LogP contribution in [0.2, 0.25) is 0 Å². The Hall–Kier alpha value is -1.49. The first-order valence-electron chi connectivity index (χ1n) is 5.16. The fraction of sp³-hybridized carbons (Fsp3) is 0.364. The highest BCUT2D eigenvalue weighted by atomic mass is 32.1. The average molecular weight is 235 g/mol. The Balaban J connectivity index is 2.21. The predicted molar refractivity (Wildman–Crippen MR) is 63.7 cm³/mol. The highest BCUT2D eigenvalue weighted by Gasteiger charge is 2.06. The molecule has 2 aromatic rings. The molecule has 0 N–H and O–H groups in total. The predicted octanol–water partition coefficient (Wildman–Crippen LogP) is 2.56. The molecule has 2 aromatic heterocycles. The van der Waals surface area contributed by atoms with E-state index in [0.717, 1.165) is 28.4 Å². The fourth-order valence-corrected chi connectivity index (χ4v) is 2.24. The van der Waals surface area contributed by atoms with Gasteiger partial charge in [-0.15, -0.1) is 10.2 Å². The Morgan fingerprint density at radius 1 is 1.31 bits per heavy atom. The third kappa shape index (κ3) is 2.36. The molecule has 0 aromatic carbocycles. The second-order valence-corrected chi connectivity index (χ2v) is 4.40. The number of nitrogens with zero attached hydrogens (tertiary/aromatic N) is 3. The second-order valence-electron chi connectivity index (χ2n) is 3.34. The smallest absolute Gasteiger partial charge is 0.212 e. The van der Waals surface area contributed by atoms with E-state index in [9.17, 15) is 0 Å². The third-order valence-electron chi connectivity index (χ3n) is 2.12. The minimum absolute atomic E-state index is 0.613. The summed E-state index contributed by atoms with van der Waals surface area (Å²) in [4.78, 5) is 4.15. The molecule has 4 nitrogen and oxygen atoms in total. The number of aromatic nitrogens is 3. The summed E-state index contributed by atoms with van der Waals surface area (Å²) in [6.07, 6.45) is 3.84. The Kier molecular flexibility index (Phi) is 3.46. The molecule has 0 aliphatic rings. The third-order valence-corrected chi connectivity index (χ3v) is 3.16. The molecule has 0 aliphatic heterocycles. The SMILES string of the molecule is CCCc1nnc(-c2ccc(OC)nc2)s1. The van der Waals surface area contributed by atoms with Crippen LogP contribution < -0.4 is 4.74 Å².